The number of aromatic amines is 1. The molecule has 7 heteroatoms. The summed E-state index contributed by atoms with van der Waals surface area (Å²) in [5, 5.41) is 8.81. The number of carbonyl (C=O) groups excluding carboxylic acids is 2. The number of rotatable bonds is 1. The highest BCUT2D eigenvalue weighted by molar-refractivity contribution is 5.93. The second-order valence-corrected chi connectivity index (χ2v) is 5.65. The number of H-pyrrole nitrogens is 1. The van der Waals surface area contributed by atoms with Crippen molar-refractivity contribution in [1.29, 1.82) is 5.26 Å². The number of amides is 2. The number of carbonyl (C=O) groups is 2. The number of hydrogen-bond acceptors (Lipinski definition) is 4. The minimum absolute atomic E-state index is 0.166. The number of nitrogens with one attached hydrogen (secondary N) is 1. The standard InChI is InChI=1S/C14H16N4O3/c1-17-8-14(21-13(17)20)3-2-4-18(9-14)12(19)11-5-10(6-15)7-16-11/h5,7,16H,2-4,8-9H2,1H3/t14-/m1/s1. The van der Waals surface area contributed by atoms with Crippen LogP contribution in [0.3, 0.4) is 0 Å². The van der Waals surface area contributed by atoms with E-state index in [1.165, 1.54) is 17.2 Å². The van der Waals surface area contributed by atoms with Crippen LogP contribution in [0.25, 0.3) is 0 Å². The van der Waals surface area contributed by atoms with Gasteiger partial charge in [0, 0.05) is 19.8 Å². The molecule has 110 valence electrons. The maximum atomic E-state index is 12.5. The molecule has 0 bridgehead atoms. The first-order valence-corrected chi connectivity index (χ1v) is 6.85. The summed E-state index contributed by atoms with van der Waals surface area (Å²) in [4.78, 5) is 30.1. The number of ether oxygens (including phenoxy) is 1. The summed E-state index contributed by atoms with van der Waals surface area (Å²) in [7, 11) is 1.70. The van der Waals surface area contributed by atoms with E-state index >= 15 is 0 Å². The largest absolute Gasteiger partial charge is 0.439 e. The summed E-state index contributed by atoms with van der Waals surface area (Å²) >= 11 is 0. The molecule has 0 unspecified atom stereocenters. The molecular formula is C14H16N4O3. The molecule has 0 radical (unpaired) electrons. The van der Waals surface area contributed by atoms with E-state index in [4.69, 9.17) is 10.00 Å². The van der Waals surface area contributed by atoms with Gasteiger partial charge in [0.15, 0.2) is 0 Å². The Morgan fingerprint density at radius 1 is 1.52 bits per heavy atom. The van der Waals surface area contributed by atoms with Gasteiger partial charge in [-0.2, -0.15) is 5.26 Å². The van der Waals surface area contributed by atoms with Crippen molar-refractivity contribution in [2.24, 2.45) is 0 Å². The lowest BCUT2D eigenvalue weighted by molar-refractivity contribution is -0.00538. The van der Waals surface area contributed by atoms with Crippen molar-refractivity contribution in [3.63, 3.8) is 0 Å². The van der Waals surface area contributed by atoms with Gasteiger partial charge in [-0.3, -0.25) is 4.79 Å². The molecule has 2 aliphatic rings. The monoisotopic (exact) mass is 288 g/mol. The van der Waals surface area contributed by atoms with Gasteiger partial charge >= 0.3 is 6.09 Å². The van der Waals surface area contributed by atoms with Gasteiger partial charge < -0.3 is 19.5 Å². The Labute approximate surface area is 122 Å². The van der Waals surface area contributed by atoms with Crippen molar-refractivity contribution in [2.75, 3.05) is 26.7 Å². The van der Waals surface area contributed by atoms with E-state index in [1.807, 2.05) is 6.07 Å². The maximum absolute atomic E-state index is 12.5. The Kier molecular flexibility index (Phi) is 3.09. The van der Waals surface area contributed by atoms with E-state index in [0.717, 1.165) is 12.8 Å². The Hall–Kier alpha value is -2.49. The van der Waals surface area contributed by atoms with Crippen LogP contribution < -0.4 is 0 Å². The minimum Gasteiger partial charge on any atom is -0.439 e. The fraction of sp³-hybridized carbons (Fsp3) is 0.500. The molecule has 1 aromatic rings. The number of aromatic nitrogens is 1. The summed E-state index contributed by atoms with van der Waals surface area (Å²) in [6.45, 7) is 1.52. The van der Waals surface area contributed by atoms with Crippen LogP contribution in [0, 0.1) is 11.3 Å². The van der Waals surface area contributed by atoms with Crippen molar-refractivity contribution < 1.29 is 14.3 Å². The van der Waals surface area contributed by atoms with Crippen LogP contribution >= 0.6 is 0 Å². The number of nitrogens with zero attached hydrogens (tertiary/aromatic N) is 3. The van der Waals surface area contributed by atoms with Gasteiger partial charge in [-0.05, 0) is 18.9 Å². The molecule has 1 atom stereocenters. The van der Waals surface area contributed by atoms with Gasteiger partial charge in [-0.1, -0.05) is 0 Å². The summed E-state index contributed by atoms with van der Waals surface area (Å²) in [6, 6.07) is 3.53. The van der Waals surface area contributed by atoms with E-state index < -0.39 is 5.60 Å². The summed E-state index contributed by atoms with van der Waals surface area (Å²) in [5.74, 6) is -0.166. The average Bonchev–Trinajstić information content (AvgIpc) is 3.04. The number of hydrogen-bond donors (Lipinski definition) is 1. The van der Waals surface area contributed by atoms with Crippen molar-refractivity contribution in [3.05, 3.63) is 23.5 Å². The molecule has 2 aliphatic heterocycles. The lowest BCUT2D eigenvalue weighted by atomic mass is 9.92. The predicted molar refractivity (Wildman–Crippen MR) is 72.5 cm³/mol. The third kappa shape index (κ3) is 2.33. The average molecular weight is 288 g/mol. The zero-order chi connectivity index (χ0) is 15.0. The molecule has 2 fully saturated rings. The van der Waals surface area contributed by atoms with Gasteiger partial charge in [0.1, 0.15) is 17.4 Å². The fourth-order valence-electron chi connectivity index (χ4n) is 3.03. The van der Waals surface area contributed by atoms with Crippen molar-refractivity contribution in [2.45, 2.75) is 18.4 Å². The predicted octanol–water partition coefficient (Wildman–Crippen LogP) is 0.943. The normalized spacial score (nSPS) is 25.0. The third-order valence-corrected chi connectivity index (χ3v) is 4.01. The zero-order valence-electron chi connectivity index (χ0n) is 11.8. The van der Waals surface area contributed by atoms with E-state index in [9.17, 15) is 9.59 Å². The summed E-state index contributed by atoms with van der Waals surface area (Å²) in [5.41, 5.74) is 0.225. The lowest BCUT2D eigenvalue weighted by Crippen LogP contribution is -2.52. The third-order valence-electron chi connectivity index (χ3n) is 4.01. The van der Waals surface area contributed by atoms with Gasteiger partial charge in [0.05, 0.1) is 18.7 Å². The molecule has 0 saturated carbocycles. The molecular weight excluding hydrogens is 272 g/mol. The Morgan fingerprint density at radius 3 is 2.95 bits per heavy atom. The van der Waals surface area contributed by atoms with Gasteiger partial charge in [0.25, 0.3) is 5.91 Å². The van der Waals surface area contributed by atoms with Crippen LogP contribution in [0.2, 0.25) is 0 Å². The first-order valence-electron chi connectivity index (χ1n) is 6.85. The molecule has 3 heterocycles. The van der Waals surface area contributed by atoms with Crippen molar-refractivity contribution in [3.8, 4) is 6.07 Å². The molecule has 1 spiro atoms. The summed E-state index contributed by atoms with van der Waals surface area (Å²) < 4.78 is 5.48. The highest BCUT2D eigenvalue weighted by atomic mass is 16.6. The minimum atomic E-state index is -0.593. The highest BCUT2D eigenvalue weighted by Gasteiger charge is 2.47. The highest BCUT2D eigenvalue weighted by Crippen LogP contribution is 2.31. The molecule has 21 heavy (non-hydrogen) atoms. The first kappa shape index (κ1) is 13.5. The van der Waals surface area contributed by atoms with Crippen LogP contribution in [0.5, 0.6) is 0 Å². The summed E-state index contributed by atoms with van der Waals surface area (Å²) in [6.07, 6.45) is 2.73. The molecule has 0 aliphatic carbocycles. The fourth-order valence-corrected chi connectivity index (χ4v) is 3.03. The molecule has 2 amide bonds. The van der Waals surface area contributed by atoms with Crippen molar-refractivity contribution in [1.82, 2.24) is 14.8 Å². The first-order chi connectivity index (χ1) is 10.0. The van der Waals surface area contributed by atoms with Crippen LogP contribution in [0.1, 0.15) is 28.9 Å². The van der Waals surface area contributed by atoms with Gasteiger partial charge in [-0.15, -0.1) is 0 Å². The smallest absolute Gasteiger partial charge is 0.410 e. The molecule has 1 aromatic heterocycles. The quantitative estimate of drug-likeness (QED) is 0.833. The SMILES string of the molecule is CN1C[C@@]2(CCCN(C(=O)c3cc(C#N)c[nH]3)C2)OC1=O. The van der Waals surface area contributed by atoms with Gasteiger partial charge in [-0.25, -0.2) is 4.79 Å². The Balaban J connectivity index is 1.76. The van der Waals surface area contributed by atoms with Crippen LogP contribution in [-0.2, 0) is 4.74 Å². The van der Waals surface area contributed by atoms with Crippen LogP contribution in [0.15, 0.2) is 12.3 Å². The lowest BCUT2D eigenvalue weighted by Gasteiger charge is -2.38. The number of piperidine rings is 1. The number of nitriles is 1. The molecule has 7 nitrogen and oxygen atoms in total. The second-order valence-electron chi connectivity index (χ2n) is 5.65. The molecule has 2 saturated heterocycles. The number of likely N-dealkylation sites (tertiary alicyclic amines) is 1. The second kappa shape index (κ2) is 4.81. The maximum Gasteiger partial charge on any atom is 0.410 e. The van der Waals surface area contributed by atoms with Crippen LogP contribution in [-0.4, -0.2) is 59.1 Å². The molecule has 1 N–H and O–H groups in total. The molecule has 0 aromatic carbocycles. The topological polar surface area (TPSA) is 89.4 Å². The van der Waals surface area contributed by atoms with Crippen LogP contribution in [0.4, 0.5) is 4.79 Å². The Bertz CT molecular complexity index is 632. The van der Waals surface area contributed by atoms with E-state index in [2.05, 4.69) is 4.98 Å². The van der Waals surface area contributed by atoms with Crippen molar-refractivity contribution >= 4 is 12.0 Å². The van der Waals surface area contributed by atoms with Gasteiger partial charge in [0.2, 0.25) is 0 Å². The van der Waals surface area contributed by atoms with E-state index in [0.29, 0.717) is 30.9 Å². The number of likely N-dealkylation sites (N-methyl/N-ethyl adjacent to an activating group) is 1. The van der Waals surface area contributed by atoms with E-state index in [1.54, 1.807) is 11.9 Å². The van der Waals surface area contributed by atoms with E-state index in [-0.39, 0.29) is 12.0 Å². The molecule has 3 rings (SSSR count). The zero-order valence-corrected chi connectivity index (χ0v) is 11.8. The Morgan fingerprint density at radius 2 is 2.33 bits per heavy atom.